The van der Waals surface area contributed by atoms with Crippen molar-refractivity contribution < 1.29 is 4.74 Å². The molecule has 0 saturated heterocycles. The molecule has 2 rings (SSSR count). The number of methoxy groups -OCH3 is 1. The van der Waals surface area contributed by atoms with E-state index in [9.17, 15) is 4.79 Å². The van der Waals surface area contributed by atoms with Crippen LogP contribution in [0.15, 0.2) is 22.0 Å². The van der Waals surface area contributed by atoms with Gasteiger partial charge in [0.15, 0.2) is 5.75 Å². The fourth-order valence-corrected chi connectivity index (χ4v) is 2.12. The van der Waals surface area contributed by atoms with Crippen molar-refractivity contribution in [3.05, 3.63) is 43.8 Å². The highest BCUT2D eigenvalue weighted by atomic mass is 35.5. The highest BCUT2D eigenvalue weighted by molar-refractivity contribution is 6.37. The van der Waals surface area contributed by atoms with Crippen LogP contribution in [0.4, 0.5) is 5.95 Å². The zero-order valence-electron chi connectivity index (χ0n) is 11.1. The number of H-pyrrole nitrogens is 1. The summed E-state index contributed by atoms with van der Waals surface area (Å²) in [7, 11) is 1.48. The third kappa shape index (κ3) is 3.71. The lowest BCUT2D eigenvalue weighted by Crippen LogP contribution is -2.15. The van der Waals surface area contributed by atoms with Crippen molar-refractivity contribution in [3.8, 4) is 5.75 Å². The van der Waals surface area contributed by atoms with Gasteiger partial charge >= 0.3 is 0 Å². The molecule has 0 radical (unpaired) electrons. The van der Waals surface area contributed by atoms with E-state index in [1.807, 2.05) is 0 Å². The molecule has 21 heavy (non-hydrogen) atoms. The van der Waals surface area contributed by atoms with Crippen molar-refractivity contribution in [3.63, 3.8) is 0 Å². The monoisotopic (exact) mass is 327 g/mol. The van der Waals surface area contributed by atoms with Crippen LogP contribution in [0.2, 0.25) is 10.0 Å². The largest absolute Gasteiger partial charge is 0.494 e. The van der Waals surface area contributed by atoms with Gasteiger partial charge in [0.2, 0.25) is 5.95 Å². The normalized spacial score (nSPS) is 10.9. The van der Waals surface area contributed by atoms with Crippen LogP contribution in [0.3, 0.4) is 0 Å². The smallest absolute Gasteiger partial charge is 0.274 e. The number of hydrazone groups is 1. The predicted molar refractivity (Wildman–Crippen MR) is 81.6 cm³/mol. The number of rotatable bonds is 4. The molecule has 0 spiro atoms. The molecule has 0 atom stereocenters. The van der Waals surface area contributed by atoms with Gasteiger partial charge in [0, 0.05) is 0 Å². The summed E-state index contributed by atoms with van der Waals surface area (Å²) in [5, 5.41) is 12.1. The molecule has 9 heteroatoms. The maximum Gasteiger partial charge on any atom is 0.274 e. The fraction of sp³-hybridized carbons (Fsp3) is 0.167. The third-order valence-corrected chi connectivity index (χ3v) is 3.03. The Kier molecular flexibility index (Phi) is 4.77. The SMILES string of the molecule is COc1c(Cl)cc(/C=N/Nc2nnc(C)c(=O)[nH]2)cc1Cl. The molecular weight excluding hydrogens is 317 g/mol. The number of nitrogens with one attached hydrogen (secondary N) is 2. The number of hydrogen-bond donors (Lipinski definition) is 2. The number of aryl methyl sites for hydroxylation is 1. The van der Waals surface area contributed by atoms with Crippen molar-refractivity contribution in [2.45, 2.75) is 6.92 Å². The van der Waals surface area contributed by atoms with Crippen LogP contribution < -0.4 is 15.7 Å². The van der Waals surface area contributed by atoms with Crippen molar-refractivity contribution in [1.82, 2.24) is 15.2 Å². The summed E-state index contributed by atoms with van der Waals surface area (Å²) < 4.78 is 5.05. The second-order valence-electron chi connectivity index (χ2n) is 3.98. The number of halogens is 2. The van der Waals surface area contributed by atoms with Gasteiger partial charge in [-0.1, -0.05) is 23.2 Å². The summed E-state index contributed by atoms with van der Waals surface area (Å²) >= 11 is 12.0. The van der Waals surface area contributed by atoms with E-state index in [1.165, 1.54) is 13.3 Å². The van der Waals surface area contributed by atoms with E-state index in [0.717, 1.165) is 0 Å². The molecule has 2 N–H and O–H groups in total. The zero-order chi connectivity index (χ0) is 15.4. The van der Waals surface area contributed by atoms with Crippen LogP contribution in [-0.4, -0.2) is 28.5 Å². The van der Waals surface area contributed by atoms with Gasteiger partial charge in [-0.05, 0) is 24.6 Å². The first-order chi connectivity index (χ1) is 10.0. The first-order valence-corrected chi connectivity index (χ1v) is 6.52. The Morgan fingerprint density at radius 1 is 1.33 bits per heavy atom. The Hall–Kier alpha value is -2.12. The number of hydrogen-bond acceptors (Lipinski definition) is 6. The summed E-state index contributed by atoms with van der Waals surface area (Å²) in [4.78, 5) is 13.8. The van der Waals surface area contributed by atoms with E-state index < -0.39 is 0 Å². The first kappa shape index (κ1) is 15.3. The summed E-state index contributed by atoms with van der Waals surface area (Å²) in [6, 6.07) is 3.28. The highest BCUT2D eigenvalue weighted by Gasteiger charge is 2.07. The van der Waals surface area contributed by atoms with Crippen LogP contribution in [0.5, 0.6) is 5.75 Å². The maximum atomic E-state index is 11.3. The standard InChI is InChI=1S/C12H11Cl2N5O2/c1-6-11(20)16-12(19-17-6)18-15-5-7-3-8(13)10(21-2)9(14)4-7/h3-5H,1-2H3,(H2,16,18,19,20)/b15-5+. The van der Waals surface area contributed by atoms with Gasteiger partial charge in [-0.3, -0.25) is 9.78 Å². The van der Waals surface area contributed by atoms with E-state index in [1.54, 1.807) is 19.1 Å². The molecule has 0 bridgehead atoms. The van der Waals surface area contributed by atoms with Gasteiger partial charge in [0.05, 0.1) is 23.4 Å². The van der Waals surface area contributed by atoms with Gasteiger partial charge in [0.1, 0.15) is 5.69 Å². The molecule has 1 heterocycles. The summed E-state index contributed by atoms with van der Waals surface area (Å²) in [6.07, 6.45) is 1.47. The van der Waals surface area contributed by atoms with Crippen LogP contribution in [0, 0.1) is 6.92 Å². The molecule has 0 saturated carbocycles. The first-order valence-electron chi connectivity index (χ1n) is 5.77. The Morgan fingerprint density at radius 2 is 2.00 bits per heavy atom. The Balaban J connectivity index is 2.14. The van der Waals surface area contributed by atoms with E-state index in [0.29, 0.717) is 21.4 Å². The quantitative estimate of drug-likeness (QED) is 0.663. The lowest BCUT2D eigenvalue weighted by Gasteiger charge is -2.06. The molecule has 110 valence electrons. The van der Waals surface area contributed by atoms with Crippen LogP contribution in [0.1, 0.15) is 11.3 Å². The maximum absolute atomic E-state index is 11.3. The van der Waals surface area contributed by atoms with Crippen molar-refractivity contribution in [1.29, 1.82) is 0 Å². The van der Waals surface area contributed by atoms with Crippen molar-refractivity contribution in [2.24, 2.45) is 5.10 Å². The molecule has 0 aliphatic heterocycles. The third-order valence-electron chi connectivity index (χ3n) is 2.47. The lowest BCUT2D eigenvalue weighted by atomic mass is 10.2. The minimum atomic E-state index is -0.335. The second kappa shape index (κ2) is 6.55. The van der Waals surface area contributed by atoms with Crippen molar-refractivity contribution in [2.75, 3.05) is 12.5 Å². The van der Waals surface area contributed by atoms with E-state index in [4.69, 9.17) is 27.9 Å². The Labute approximate surface area is 130 Å². The second-order valence-corrected chi connectivity index (χ2v) is 4.79. The van der Waals surface area contributed by atoms with Crippen LogP contribution in [0.25, 0.3) is 0 Å². The van der Waals surface area contributed by atoms with Crippen LogP contribution in [-0.2, 0) is 0 Å². The fourth-order valence-electron chi connectivity index (χ4n) is 1.46. The van der Waals surface area contributed by atoms with E-state index in [2.05, 4.69) is 25.7 Å². The number of benzene rings is 1. The lowest BCUT2D eigenvalue weighted by molar-refractivity contribution is 0.415. The van der Waals surface area contributed by atoms with Gasteiger partial charge in [0.25, 0.3) is 5.56 Å². The minimum absolute atomic E-state index is 0.132. The minimum Gasteiger partial charge on any atom is -0.494 e. The molecule has 1 aromatic heterocycles. The van der Waals surface area contributed by atoms with E-state index >= 15 is 0 Å². The molecular formula is C12H11Cl2N5O2. The number of anilines is 1. The van der Waals surface area contributed by atoms with Gasteiger partial charge in [-0.15, -0.1) is 10.2 Å². The molecule has 2 aromatic rings. The Bertz CT molecular complexity index is 722. The molecule has 0 fully saturated rings. The number of ether oxygens (including phenoxy) is 1. The molecule has 0 unspecified atom stereocenters. The number of aromatic nitrogens is 3. The molecule has 7 nitrogen and oxygen atoms in total. The van der Waals surface area contributed by atoms with Crippen LogP contribution >= 0.6 is 23.2 Å². The molecule has 0 aliphatic carbocycles. The molecule has 0 aliphatic rings. The van der Waals surface area contributed by atoms with Gasteiger partial charge in [-0.2, -0.15) is 5.10 Å². The highest BCUT2D eigenvalue weighted by Crippen LogP contribution is 2.33. The van der Waals surface area contributed by atoms with Crippen molar-refractivity contribution >= 4 is 35.4 Å². The summed E-state index contributed by atoms with van der Waals surface area (Å²) in [6.45, 7) is 1.56. The summed E-state index contributed by atoms with van der Waals surface area (Å²) in [5.74, 6) is 0.532. The molecule has 0 amide bonds. The summed E-state index contributed by atoms with van der Waals surface area (Å²) in [5.41, 5.74) is 3.15. The topological polar surface area (TPSA) is 92.3 Å². The number of nitrogens with zero attached hydrogens (tertiary/aromatic N) is 3. The van der Waals surface area contributed by atoms with Gasteiger partial charge < -0.3 is 4.74 Å². The Morgan fingerprint density at radius 3 is 2.57 bits per heavy atom. The van der Waals surface area contributed by atoms with Gasteiger partial charge in [-0.25, -0.2) is 5.43 Å². The average Bonchev–Trinajstić information content (AvgIpc) is 2.42. The zero-order valence-corrected chi connectivity index (χ0v) is 12.7. The predicted octanol–water partition coefficient (Wildman–Crippen LogP) is 2.23. The number of aromatic amines is 1. The average molecular weight is 328 g/mol. The van der Waals surface area contributed by atoms with E-state index in [-0.39, 0.29) is 17.2 Å². The molecule has 1 aromatic carbocycles.